The second kappa shape index (κ2) is 3.59. The summed E-state index contributed by atoms with van der Waals surface area (Å²) in [4.78, 5) is 0. The molecule has 0 radical (unpaired) electrons. The fraction of sp³-hybridized carbons (Fsp3) is 0. The van der Waals surface area contributed by atoms with Gasteiger partial charge in [-0.2, -0.15) is 5.06 Å². The van der Waals surface area contributed by atoms with Gasteiger partial charge in [-0.25, -0.2) is 0 Å². The van der Waals surface area contributed by atoms with Crippen molar-refractivity contribution in [2.45, 2.75) is 0 Å². The van der Waals surface area contributed by atoms with Crippen molar-refractivity contribution in [1.29, 1.82) is 5.41 Å². The molecule has 0 saturated heterocycles. The number of guanidine groups is 1. The van der Waals surface area contributed by atoms with Crippen LogP contribution in [-0.4, -0.2) is 11.2 Å². The summed E-state index contributed by atoms with van der Waals surface area (Å²) in [5, 5.41) is 19.3. The van der Waals surface area contributed by atoms with Gasteiger partial charge in [-0.15, -0.1) is 0 Å². The summed E-state index contributed by atoms with van der Waals surface area (Å²) >= 11 is 0. The van der Waals surface area contributed by atoms with Crippen molar-refractivity contribution in [2.24, 2.45) is 5.73 Å². The van der Waals surface area contributed by atoms with Crippen LogP contribution in [0, 0.1) is 5.41 Å². The number of nitrogens with one attached hydrogen (secondary N) is 1. The maximum atomic E-state index is 9.58. The third-order valence-corrected chi connectivity index (χ3v) is 2.22. The third-order valence-electron chi connectivity index (χ3n) is 2.22. The Labute approximate surface area is 87.0 Å². The summed E-state index contributed by atoms with van der Waals surface area (Å²) in [7, 11) is 0. The molecule has 0 aliphatic heterocycles. The highest BCUT2D eigenvalue weighted by Crippen LogP contribution is 2.25. The second-order valence-corrected chi connectivity index (χ2v) is 3.20. The highest BCUT2D eigenvalue weighted by Gasteiger charge is 2.08. The van der Waals surface area contributed by atoms with Gasteiger partial charge in [0, 0.05) is 5.39 Å². The van der Waals surface area contributed by atoms with Crippen LogP contribution in [0.4, 0.5) is 5.69 Å². The summed E-state index contributed by atoms with van der Waals surface area (Å²) in [6.45, 7) is 0. The van der Waals surface area contributed by atoms with Crippen LogP contribution in [0.3, 0.4) is 0 Å². The molecule has 0 atom stereocenters. The molecule has 0 heterocycles. The SMILES string of the molecule is N=C(N)N(O)c1cccc2ccccc12. The van der Waals surface area contributed by atoms with E-state index < -0.39 is 5.96 Å². The van der Waals surface area contributed by atoms with E-state index in [1.54, 1.807) is 6.07 Å². The van der Waals surface area contributed by atoms with Crippen LogP contribution in [0.5, 0.6) is 0 Å². The van der Waals surface area contributed by atoms with Crippen LogP contribution < -0.4 is 10.8 Å². The van der Waals surface area contributed by atoms with Gasteiger partial charge >= 0.3 is 0 Å². The molecule has 15 heavy (non-hydrogen) atoms. The summed E-state index contributed by atoms with van der Waals surface area (Å²) < 4.78 is 0. The van der Waals surface area contributed by atoms with E-state index in [1.807, 2.05) is 36.4 Å². The average molecular weight is 201 g/mol. The first-order valence-electron chi connectivity index (χ1n) is 4.51. The number of rotatable bonds is 1. The van der Waals surface area contributed by atoms with Gasteiger partial charge in [0.1, 0.15) is 0 Å². The lowest BCUT2D eigenvalue weighted by Crippen LogP contribution is -2.33. The maximum absolute atomic E-state index is 9.58. The lowest BCUT2D eigenvalue weighted by Gasteiger charge is -2.16. The molecule has 4 N–H and O–H groups in total. The Morgan fingerprint density at radius 1 is 1.13 bits per heavy atom. The van der Waals surface area contributed by atoms with E-state index in [1.165, 1.54) is 0 Å². The fourth-order valence-electron chi connectivity index (χ4n) is 1.52. The van der Waals surface area contributed by atoms with Crippen LogP contribution in [-0.2, 0) is 0 Å². The first-order chi connectivity index (χ1) is 7.20. The predicted octanol–water partition coefficient (Wildman–Crippen LogP) is 1.93. The van der Waals surface area contributed by atoms with Gasteiger partial charge < -0.3 is 5.73 Å². The van der Waals surface area contributed by atoms with Crippen LogP contribution in [0.25, 0.3) is 10.8 Å². The topological polar surface area (TPSA) is 73.3 Å². The Morgan fingerprint density at radius 3 is 2.53 bits per heavy atom. The Balaban J connectivity index is 2.65. The van der Waals surface area contributed by atoms with E-state index in [0.717, 1.165) is 10.8 Å². The number of anilines is 1. The highest BCUT2D eigenvalue weighted by atomic mass is 16.5. The number of nitrogens with zero attached hydrogens (tertiary/aromatic N) is 1. The summed E-state index contributed by atoms with van der Waals surface area (Å²) in [5.74, 6) is -0.397. The fourth-order valence-corrected chi connectivity index (χ4v) is 1.52. The Kier molecular flexibility index (Phi) is 2.27. The summed E-state index contributed by atoms with van der Waals surface area (Å²) in [6, 6.07) is 13.1. The molecular formula is C11H11N3O. The zero-order valence-electron chi connectivity index (χ0n) is 8.01. The average Bonchev–Trinajstić information content (AvgIpc) is 2.27. The molecule has 0 aliphatic rings. The van der Waals surface area contributed by atoms with Gasteiger partial charge in [0.05, 0.1) is 5.69 Å². The number of nitrogens with two attached hydrogens (primary N) is 1. The van der Waals surface area contributed by atoms with Crippen LogP contribution in [0.1, 0.15) is 0 Å². The van der Waals surface area contributed by atoms with Crippen molar-refractivity contribution in [1.82, 2.24) is 0 Å². The van der Waals surface area contributed by atoms with Crippen LogP contribution >= 0.6 is 0 Å². The molecule has 4 nitrogen and oxygen atoms in total. The van der Waals surface area contributed by atoms with Crippen molar-refractivity contribution >= 4 is 22.4 Å². The molecule has 4 heteroatoms. The Hall–Kier alpha value is -2.07. The van der Waals surface area contributed by atoms with Gasteiger partial charge in [0.25, 0.3) is 0 Å². The van der Waals surface area contributed by atoms with E-state index in [4.69, 9.17) is 11.1 Å². The quantitative estimate of drug-likeness (QED) is 0.375. The zero-order chi connectivity index (χ0) is 10.8. The van der Waals surface area contributed by atoms with Crippen molar-refractivity contribution in [3.8, 4) is 0 Å². The molecular weight excluding hydrogens is 190 g/mol. The lowest BCUT2D eigenvalue weighted by molar-refractivity contribution is 0.311. The van der Waals surface area contributed by atoms with Gasteiger partial charge in [-0.05, 0) is 11.5 Å². The molecule has 0 aliphatic carbocycles. The summed E-state index contributed by atoms with van der Waals surface area (Å²) in [5.41, 5.74) is 5.73. The Morgan fingerprint density at radius 2 is 1.80 bits per heavy atom. The monoisotopic (exact) mass is 201 g/mol. The minimum absolute atomic E-state index is 0.397. The summed E-state index contributed by atoms with van der Waals surface area (Å²) in [6.07, 6.45) is 0. The maximum Gasteiger partial charge on any atom is 0.217 e. The van der Waals surface area contributed by atoms with E-state index in [9.17, 15) is 5.21 Å². The highest BCUT2D eigenvalue weighted by molar-refractivity contribution is 6.01. The third kappa shape index (κ3) is 1.62. The van der Waals surface area contributed by atoms with E-state index in [2.05, 4.69) is 0 Å². The molecule has 0 bridgehead atoms. The van der Waals surface area contributed by atoms with Crippen molar-refractivity contribution in [2.75, 3.05) is 5.06 Å². The molecule has 0 spiro atoms. The minimum Gasteiger partial charge on any atom is -0.368 e. The molecule has 0 aromatic heterocycles. The number of hydrogen-bond donors (Lipinski definition) is 3. The number of fused-ring (bicyclic) bond motifs is 1. The van der Waals surface area contributed by atoms with Gasteiger partial charge in [0.15, 0.2) is 0 Å². The molecule has 2 aromatic carbocycles. The van der Waals surface area contributed by atoms with Crippen molar-refractivity contribution < 1.29 is 5.21 Å². The van der Waals surface area contributed by atoms with Gasteiger partial charge in [-0.3, -0.25) is 10.6 Å². The predicted molar refractivity (Wildman–Crippen MR) is 60.1 cm³/mol. The van der Waals surface area contributed by atoms with E-state index >= 15 is 0 Å². The van der Waals surface area contributed by atoms with Crippen molar-refractivity contribution in [3.63, 3.8) is 0 Å². The smallest absolute Gasteiger partial charge is 0.217 e. The molecule has 0 amide bonds. The molecule has 2 rings (SSSR count). The van der Waals surface area contributed by atoms with Gasteiger partial charge in [0.2, 0.25) is 5.96 Å². The van der Waals surface area contributed by atoms with Gasteiger partial charge in [-0.1, -0.05) is 36.4 Å². The first-order valence-corrected chi connectivity index (χ1v) is 4.51. The molecule has 0 unspecified atom stereocenters. The van der Waals surface area contributed by atoms with Crippen LogP contribution in [0.15, 0.2) is 42.5 Å². The van der Waals surface area contributed by atoms with Crippen molar-refractivity contribution in [3.05, 3.63) is 42.5 Å². The van der Waals surface area contributed by atoms with E-state index in [-0.39, 0.29) is 0 Å². The molecule has 2 aromatic rings. The molecule has 76 valence electrons. The van der Waals surface area contributed by atoms with Crippen LogP contribution in [0.2, 0.25) is 0 Å². The molecule has 0 saturated carbocycles. The minimum atomic E-state index is -0.397. The standard InChI is InChI=1S/C11H11N3O/c12-11(13)14(15)10-7-3-5-8-4-1-2-6-9(8)10/h1-7,15H,(H3,12,13). The number of benzene rings is 2. The normalized spacial score (nSPS) is 10.2. The number of hydroxylamine groups is 1. The lowest BCUT2D eigenvalue weighted by atomic mass is 10.1. The number of hydrogen-bond acceptors (Lipinski definition) is 2. The van der Waals surface area contributed by atoms with E-state index in [0.29, 0.717) is 10.8 Å². The Bertz CT molecular complexity index is 505. The first kappa shape index (κ1) is 9.48. The molecule has 0 fully saturated rings. The second-order valence-electron chi connectivity index (χ2n) is 3.20. The largest absolute Gasteiger partial charge is 0.368 e. The zero-order valence-corrected chi connectivity index (χ0v) is 8.01.